The maximum atomic E-state index is 12.4. The highest BCUT2D eigenvalue weighted by atomic mass is 35.5. The highest BCUT2D eigenvalue weighted by Gasteiger charge is 2.38. The van der Waals surface area contributed by atoms with Crippen LogP contribution in [0.1, 0.15) is 31.4 Å². The van der Waals surface area contributed by atoms with Crippen LogP contribution in [0.4, 0.5) is 0 Å². The second-order valence-electron chi connectivity index (χ2n) is 6.45. The minimum Gasteiger partial charge on any atom is -0.506 e. The van der Waals surface area contributed by atoms with Crippen molar-refractivity contribution in [3.05, 3.63) is 33.9 Å². The molecule has 0 spiro atoms. The number of carbonyl (C=O) groups is 2. The first-order valence-corrected chi connectivity index (χ1v) is 9.73. The Morgan fingerprint density at radius 1 is 1.25 bits per heavy atom. The summed E-state index contributed by atoms with van der Waals surface area (Å²) in [6.07, 6.45) is 0.436. The van der Waals surface area contributed by atoms with E-state index in [1.165, 1.54) is 12.1 Å². The van der Waals surface area contributed by atoms with Crippen molar-refractivity contribution < 1.29 is 23.1 Å². The van der Waals surface area contributed by atoms with Crippen molar-refractivity contribution in [2.75, 3.05) is 5.75 Å². The average molecular weight is 369 g/mol. The van der Waals surface area contributed by atoms with Crippen LogP contribution in [-0.2, 0) is 25.8 Å². The van der Waals surface area contributed by atoms with Crippen LogP contribution < -0.4 is 0 Å². The number of sulfone groups is 1. The molecule has 0 aromatic heterocycles. The number of rotatable bonds is 1. The van der Waals surface area contributed by atoms with Crippen LogP contribution >= 0.6 is 11.6 Å². The molecule has 0 radical (unpaired) electrons. The van der Waals surface area contributed by atoms with Crippen LogP contribution in [0.25, 0.3) is 5.76 Å². The van der Waals surface area contributed by atoms with Crippen molar-refractivity contribution in [3.8, 4) is 0 Å². The Balaban J connectivity index is 2.16. The number of hydrogen-bond donors (Lipinski definition) is 1. The highest BCUT2D eigenvalue weighted by Crippen LogP contribution is 2.38. The van der Waals surface area contributed by atoms with Gasteiger partial charge in [0.25, 0.3) is 0 Å². The fourth-order valence-electron chi connectivity index (χ4n) is 3.24. The molecule has 128 valence electrons. The van der Waals surface area contributed by atoms with Gasteiger partial charge in [0.05, 0.1) is 15.7 Å². The molecule has 2 unspecified atom stereocenters. The monoisotopic (exact) mass is 368 g/mol. The molecule has 1 aromatic rings. The number of ketones is 2. The van der Waals surface area contributed by atoms with Crippen LogP contribution in [0, 0.1) is 11.8 Å². The van der Waals surface area contributed by atoms with E-state index in [1.807, 2.05) is 6.92 Å². The van der Waals surface area contributed by atoms with E-state index in [1.54, 1.807) is 6.92 Å². The largest absolute Gasteiger partial charge is 0.506 e. The number of aliphatic hydroxyl groups excluding tert-OH is 1. The van der Waals surface area contributed by atoms with Crippen LogP contribution in [0.3, 0.4) is 0 Å². The van der Waals surface area contributed by atoms with Crippen molar-refractivity contribution in [2.45, 2.75) is 31.6 Å². The van der Waals surface area contributed by atoms with Crippen molar-refractivity contribution in [2.24, 2.45) is 11.8 Å². The molecular weight excluding hydrogens is 352 g/mol. The van der Waals surface area contributed by atoms with E-state index < -0.39 is 27.2 Å². The van der Waals surface area contributed by atoms with E-state index in [0.29, 0.717) is 5.56 Å². The smallest absolute Gasteiger partial charge is 0.179 e. The Labute approximate surface area is 145 Å². The number of fused-ring (bicyclic) bond motifs is 1. The second kappa shape index (κ2) is 5.70. The van der Waals surface area contributed by atoms with Gasteiger partial charge in [-0.1, -0.05) is 25.4 Å². The molecule has 0 bridgehead atoms. The van der Waals surface area contributed by atoms with Gasteiger partial charge in [-0.15, -0.1) is 0 Å². The van der Waals surface area contributed by atoms with Gasteiger partial charge >= 0.3 is 0 Å². The van der Waals surface area contributed by atoms with Gasteiger partial charge in [0.15, 0.2) is 21.4 Å². The topological polar surface area (TPSA) is 88.5 Å². The summed E-state index contributed by atoms with van der Waals surface area (Å²) in [4.78, 5) is 24.8. The molecule has 1 saturated carbocycles. The average Bonchev–Trinajstić information content (AvgIpc) is 2.81. The first-order valence-electron chi connectivity index (χ1n) is 7.70. The zero-order valence-electron chi connectivity index (χ0n) is 13.3. The van der Waals surface area contributed by atoms with E-state index in [-0.39, 0.29) is 51.5 Å². The van der Waals surface area contributed by atoms with E-state index in [2.05, 4.69) is 0 Å². The molecule has 1 fully saturated rings. The number of Topliss-reactive ketones (excluding diaryl/α,β-unsaturated/α-hetero) is 2. The lowest BCUT2D eigenvalue weighted by Crippen LogP contribution is -2.33. The molecule has 0 amide bonds. The summed E-state index contributed by atoms with van der Waals surface area (Å²) in [6, 6.07) is 2.73. The van der Waals surface area contributed by atoms with Crippen LogP contribution in [0.5, 0.6) is 0 Å². The lowest BCUT2D eigenvalue weighted by Gasteiger charge is -2.26. The molecule has 2 aliphatic rings. The van der Waals surface area contributed by atoms with Gasteiger partial charge in [0.2, 0.25) is 0 Å². The number of hydrogen-bond acceptors (Lipinski definition) is 5. The van der Waals surface area contributed by atoms with Crippen molar-refractivity contribution in [1.29, 1.82) is 0 Å². The molecule has 1 aliphatic heterocycles. The quantitative estimate of drug-likeness (QED) is 0.467. The number of halogens is 1. The Hall–Kier alpha value is -1.66. The molecule has 0 saturated heterocycles. The fraction of sp³-hybridized carbons (Fsp3) is 0.412. The molecule has 1 N–H and O–H groups in total. The predicted molar refractivity (Wildman–Crippen MR) is 89.7 cm³/mol. The van der Waals surface area contributed by atoms with Crippen molar-refractivity contribution >= 4 is 38.8 Å². The van der Waals surface area contributed by atoms with Crippen LogP contribution in [0.2, 0.25) is 5.02 Å². The minimum absolute atomic E-state index is 0.0325. The van der Waals surface area contributed by atoms with Gasteiger partial charge < -0.3 is 5.11 Å². The molecule has 3 rings (SSSR count). The first kappa shape index (κ1) is 17.2. The zero-order chi connectivity index (χ0) is 17.8. The second-order valence-corrected chi connectivity index (χ2v) is 8.91. The van der Waals surface area contributed by atoms with Gasteiger partial charge in [0.1, 0.15) is 11.3 Å². The number of allylic oxidation sites excluding steroid dienone is 1. The lowest BCUT2D eigenvalue weighted by atomic mass is 9.76. The number of carbonyl (C=O) groups excluding carboxylic acids is 2. The molecule has 1 aliphatic carbocycles. The van der Waals surface area contributed by atoms with Gasteiger partial charge in [-0.05, 0) is 30.0 Å². The van der Waals surface area contributed by atoms with E-state index in [0.717, 1.165) is 0 Å². The van der Waals surface area contributed by atoms with E-state index >= 15 is 0 Å². The molecule has 5 nitrogen and oxygen atoms in total. The summed E-state index contributed by atoms with van der Waals surface area (Å²) < 4.78 is 23.9. The van der Waals surface area contributed by atoms with E-state index in [9.17, 15) is 23.1 Å². The minimum atomic E-state index is -3.35. The Morgan fingerprint density at radius 3 is 2.58 bits per heavy atom. The summed E-state index contributed by atoms with van der Waals surface area (Å²) in [5.74, 6) is -1.75. The Kier molecular flexibility index (Phi) is 4.08. The summed E-state index contributed by atoms with van der Waals surface area (Å²) >= 11 is 6.27. The summed E-state index contributed by atoms with van der Waals surface area (Å²) in [5.41, 5.74) is 0.327. The standard InChI is InChI=1S/C17H17ClO5S/c1-8-7-12(19)14(16(20)9(8)2)17(21)11-3-4-13-10(15(11)18)5-6-24(13,22)23/h3-4,8-9,21H,5-7H2,1-2H3/b17-14-. The maximum Gasteiger partial charge on any atom is 0.179 e. The van der Waals surface area contributed by atoms with Gasteiger partial charge in [-0.3, -0.25) is 9.59 Å². The van der Waals surface area contributed by atoms with Crippen LogP contribution in [-0.4, -0.2) is 30.8 Å². The summed E-state index contributed by atoms with van der Waals surface area (Å²) in [5, 5.41) is 10.6. The third-order valence-electron chi connectivity index (χ3n) is 4.95. The molecule has 7 heteroatoms. The third kappa shape index (κ3) is 2.48. The number of aliphatic hydroxyl groups is 1. The van der Waals surface area contributed by atoms with Crippen molar-refractivity contribution in [1.82, 2.24) is 0 Å². The highest BCUT2D eigenvalue weighted by molar-refractivity contribution is 7.91. The summed E-state index contributed by atoms with van der Waals surface area (Å²) in [6.45, 7) is 3.55. The van der Waals surface area contributed by atoms with Crippen molar-refractivity contribution in [3.63, 3.8) is 0 Å². The number of benzene rings is 1. The summed E-state index contributed by atoms with van der Waals surface area (Å²) in [7, 11) is -3.35. The Bertz CT molecular complexity index is 898. The SMILES string of the molecule is CC1CC(=O)/C(=C(/O)c2ccc3c(c2Cl)CCS3(=O)=O)C(=O)C1C. The molecular formula is C17H17ClO5S. The van der Waals surface area contributed by atoms with Gasteiger partial charge in [0, 0.05) is 17.9 Å². The predicted octanol–water partition coefficient (Wildman–Crippen LogP) is 2.75. The van der Waals surface area contributed by atoms with Gasteiger partial charge in [-0.2, -0.15) is 0 Å². The molecule has 1 heterocycles. The fourth-order valence-corrected chi connectivity index (χ4v) is 5.19. The maximum absolute atomic E-state index is 12.4. The third-order valence-corrected chi connectivity index (χ3v) is 7.17. The lowest BCUT2D eigenvalue weighted by molar-refractivity contribution is -0.128. The zero-order valence-corrected chi connectivity index (χ0v) is 14.9. The van der Waals surface area contributed by atoms with E-state index in [4.69, 9.17) is 11.6 Å². The normalized spacial score (nSPS) is 28.0. The first-order chi connectivity index (χ1) is 11.1. The molecule has 2 atom stereocenters. The molecule has 1 aromatic carbocycles. The molecule has 24 heavy (non-hydrogen) atoms. The Morgan fingerprint density at radius 2 is 1.92 bits per heavy atom. The van der Waals surface area contributed by atoms with Crippen LogP contribution in [0.15, 0.2) is 22.6 Å². The van der Waals surface area contributed by atoms with Gasteiger partial charge in [-0.25, -0.2) is 8.42 Å².